The van der Waals surface area contributed by atoms with Crippen LogP contribution in [0, 0.1) is 0 Å². The number of ether oxygens (including phenoxy) is 3. The molecule has 0 radical (unpaired) electrons. The van der Waals surface area contributed by atoms with Crippen LogP contribution in [0.5, 0.6) is 17.2 Å². The predicted octanol–water partition coefficient (Wildman–Crippen LogP) is 5.82. The smallest absolute Gasteiger partial charge is 0.255 e. The van der Waals surface area contributed by atoms with Crippen LogP contribution in [0.4, 0.5) is 5.69 Å². The Kier molecular flexibility index (Phi) is 5.91. The fourth-order valence-electron chi connectivity index (χ4n) is 3.72. The summed E-state index contributed by atoms with van der Waals surface area (Å²) in [6.07, 6.45) is 2.02. The minimum Gasteiger partial charge on any atom is -0.494 e. The number of carbonyl (C=O) groups excluding carboxylic acids is 2. The average molecular weight is 457 g/mol. The molecule has 0 bridgehead atoms. The van der Waals surface area contributed by atoms with Crippen molar-refractivity contribution < 1.29 is 28.2 Å². The molecular weight excluding hydrogens is 434 g/mol. The third-order valence-corrected chi connectivity index (χ3v) is 5.56. The first-order valence-electron chi connectivity index (χ1n) is 11.1. The van der Waals surface area contributed by atoms with Crippen LogP contribution in [0.2, 0.25) is 0 Å². The number of para-hydroxylation sites is 1. The number of benzene rings is 3. The molecule has 34 heavy (non-hydrogen) atoms. The average Bonchev–Trinajstić information content (AvgIpc) is 3.48. The first-order valence-corrected chi connectivity index (χ1v) is 11.1. The Balaban J connectivity index is 1.43. The minimum absolute atomic E-state index is 0.0490. The first-order chi connectivity index (χ1) is 16.6. The van der Waals surface area contributed by atoms with E-state index in [2.05, 4.69) is 12.2 Å². The number of fused-ring (bicyclic) bond motifs is 2. The highest BCUT2D eigenvalue weighted by atomic mass is 16.7. The highest BCUT2D eigenvalue weighted by Crippen LogP contribution is 2.36. The van der Waals surface area contributed by atoms with E-state index in [0.717, 1.165) is 12.8 Å². The molecule has 4 aromatic rings. The van der Waals surface area contributed by atoms with Gasteiger partial charge in [-0.3, -0.25) is 9.59 Å². The Morgan fingerprint density at radius 3 is 2.53 bits per heavy atom. The molecule has 0 saturated carbocycles. The highest BCUT2D eigenvalue weighted by Gasteiger charge is 2.25. The number of carbonyl (C=O) groups is 2. The summed E-state index contributed by atoms with van der Waals surface area (Å²) in [5.74, 6) is 1.10. The van der Waals surface area contributed by atoms with Gasteiger partial charge < -0.3 is 23.9 Å². The number of unbranched alkanes of at least 4 members (excludes halogenated alkanes) is 1. The summed E-state index contributed by atoms with van der Waals surface area (Å²) < 4.78 is 22.3. The number of rotatable bonds is 8. The number of hydrogen-bond acceptors (Lipinski definition) is 6. The Hall–Kier alpha value is -4.26. The Labute approximate surface area is 196 Å². The van der Waals surface area contributed by atoms with Gasteiger partial charge in [-0.1, -0.05) is 25.5 Å². The lowest BCUT2D eigenvalue weighted by Gasteiger charge is -2.08. The van der Waals surface area contributed by atoms with Crippen molar-refractivity contribution in [2.24, 2.45) is 0 Å². The lowest BCUT2D eigenvalue weighted by atomic mass is 10.1. The molecule has 172 valence electrons. The number of ketones is 1. The van der Waals surface area contributed by atoms with Crippen molar-refractivity contribution in [2.45, 2.75) is 19.8 Å². The first kappa shape index (κ1) is 21.6. The molecule has 0 unspecified atom stereocenters. The summed E-state index contributed by atoms with van der Waals surface area (Å²) >= 11 is 0. The van der Waals surface area contributed by atoms with Crippen molar-refractivity contribution in [1.82, 2.24) is 0 Å². The van der Waals surface area contributed by atoms with Crippen LogP contribution in [0.1, 0.15) is 46.2 Å². The van der Waals surface area contributed by atoms with Crippen LogP contribution < -0.4 is 19.5 Å². The van der Waals surface area contributed by atoms with Gasteiger partial charge in [-0.05, 0) is 61.0 Å². The van der Waals surface area contributed by atoms with Gasteiger partial charge in [0.2, 0.25) is 12.6 Å². The zero-order chi connectivity index (χ0) is 23.5. The predicted molar refractivity (Wildman–Crippen MR) is 127 cm³/mol. The van der Waals surface area contributed by atoms with Crippen molar-refractivity contribution in [3.8, 4) is 17.2 Å². The number of anilines is 1. The maximum atomic E-state index is 13.4. The highest BCUT2D eigenvalue weighted by molar-refractivity contribution is 6.19. The minimum atomic E-state index is -0.371. The van der Waals surface area contributed by atoms with Crippen LogP contribution >= 0.6 is 0 Å². The molecule has 1 amide bonds. The van der Waals surface area contributed by atoms with Crippen LogP contribution in [-0.4, -0.2) is 25.1 Å². The van der Waals surface area contributed by atoms with E-state index in [-0.39, 0.29) is 24.2 Å². The van der Waals surface area contributed by atoms with Gasteiger partial charge in [0.25, 0.3) is 5.91 Å². The van der Waals surface area contributed by atoms with E-state index < -0.39 is 0 Å². The van der Waals surface area contributed by atoms with Gasteiger partial charge in [0.15, 0.2) is 17.3 Å². The summed E-state index contributed by atoms with van der Waals surface area (Å²) in [4.78, 5) is 26.4. The maximum Gasteiger partial charge on any atom is 0.255 e. The Morgan fingerprint density at radius 2 is 1.71 bits per heavy atom. The van der Waals surface area contributed by atoms with Crippen LogP contribution in [0.3, 0.4) is 0 Å². The molecule has 7 heteroatoms. The summed E-state index contributed by atoms with van der Waals surface area (Å²) in [7, 11) is 0. The quantitative estimate of drug-likeness (QED) is 0.265. The van der Waals surface area contributed by atoms with E-state index in [4.69, 9.17) is 18.6 Å². The van der Waals surface area contributed by atoms with Crippen molar-refractivity contribution in [3.63, 3.8) is 0 Å². The second-order valence-electron chi connectivity index (χ2n) is 7.88. The number of furan rings is 1. The van der Waals surface area contributed by atoms with Crippen molar-refractivity contribution >= 4 is 28.3 Å². The molecule has 2 heterocycles. The molecule has 7 nitrogen and oxygen atoms in total. The molecule has 1 N–H and O–H groups in total. The molecule has 0 spiro atoms. The van der Waals surface area contributed by atoms with Gasteiger partial charge in [-0.2, -0.15) is 0 Å². The number of amides is 1. The van der Waals surface area contributed by atoms with Gasteiger partial charge in [0, 0.05) is 16.5 Å². The molecule has 5 rings (SSSR count). The largest absolute Gasteiger partial charge is 0.494 e. The van der Waals surface area contributed by atoms with Gasteiger partial charge in [-0.25, -0.2) is 0 Å². The van der Waals surface area contributed by atoms with Crippen LogP contribution in [0.25, 0.3) is 11.0 Å². The SMILES string of the molecule is CCCCOc1ccc(C(=O)Nc2c(C(=O)c3ccc4c(c3)OCO4)oc3ccccc23)cc1. The molecule has 1 aliphatic rings. The van der Waals surface area contributed by atoms with Gasteiger partial charge in [0.05, 0.1) is 12.3 Å². The molecule has 1 aliphatic heterocycles. The lowest BCUT2D eigenvalue weighted by Crippen LogP contribution is -2.14. The monoisotopic (exact) mass is 457 g/mol. The molecule has 0 atom stereocenters. The summed E-state index contributed by atoms with van der Waals surface area (Å²) in [6.45, 7) is 2.84. The Bertz CT molecular complexity index is 1360. The van der Waals surface area contributed by atoms with E-state index in [1.165, 1.54) is 0 Å². The van der Waals surface area contributed by atoms with Crippen molar-refractivity contribution in [2.75, 3.05) is 18.7 Å². The maximum absolute atomic E-state index is 13.4. The number of nitrogens with one attached hydrogen (secondary N) is 1. The molecular formula is C27H23NO6. The van der Waals surface area contributed by atoms with Crippen molar-refractivity contribution in [1.29, 1.82) is 0 Å². The molecule has 0 aliphatic carbocycles. The normalized spacial score (nSPS) is 12.0. The number of hydrogen-bond donors (Lipinski definition) is 1. The standard InChI is InChI=1S/C27H23NO6/c1-2-3-14-31-19-11-8-17(9-12-19)27(30)28-24-20-6-4-5-7-21(20)34-26(24)25(29)18-10-13-22-23(15-18)33-16-32-22/h4-13,15H,2-3,14,16H2,1H3,(H,28,30). The van der Waals surface area contributed by atoms with Gasteiger partial charge in [0.1, 0.15) is 11.3 Å². The van der Waals surface area contributed by atoms with Gasteiger partial charge in [-0.15, -0.1) is 0 Å². The fraction of sp³-hybridized carbons (Fsp3) is 0.185. The Morgan fingerprint density at radius 1 is 0.941 bits per heavy atom. The summed E-state index contributed by atoms with van der Waals surface area (Å²) in [5, 5.41) is 3.51. The molecule has 1 aromatic heterocycles. The van der Waals surface area contributed by atoms with E-state index >= 15 is 0 Å². The zero-order valence-electron chi connectivity index (χ0n) is 18.6. The zero-order valence-corrected chi connectivity index (χ0v) is 18.6. The molecule has 0 saturated heterocycles. The topological polar surface area (TPSA) is 87.0 Å². The van der Waals surface area contributed by atoms with E-state index in [0.29, 0.717) is 51.6 Å². The van der Waals surface area contributed by atoms with E-state index in [1.807, 2.05) is 12.1 Å². The second-order valence-corrected chi connectivity index (χ2v) is 7.88. The molecule has 3 aromatic carbocycles. The van der Waals surface area contributed by atoms with Gasteiger partial charge >= 0.3 is 0 Å². The van der Waals surface area contributed by atoms with Crippen molar-refractivity contribution in [3.05, 3.63) is 83.6 Å². The third kappa shape index (κ3) is 4.20. The fourth-order valence-corrected chi connectivity index (χ4v) is 3.72. The van der Waals surface area contributed by atoms with E-state index in [9.17, 15) is 9.59 Å². The van der Waals surface area contributed by atoms with Crippen LogP contribution in [-0.2, 0) is 0 Å². The lowest BCUT2D eigenvalue weighted by molar-refractivity contribution is 0.101. The van der Waals surface area contributed by atoms with E-state index in [1.54, 1.807) is 54.6 Å². The molecule has 0 fully saturated rings. The summed E-state index contributed by atoms with van der Waals surface area (Å²) in [5.41, 5.74) is 1.63. The second kappa shape index (κ2) is 9.31. The third-order valence-electron chi connectivity index (χ3n) is 5.56. The summed E-state index contributed by atoms with van der Waals surface area (Å²) in [6, 6.07) is 19.0. The van der Waals surface area contributed by atoms with Crippen LogP contribution in [0.15, 0.2) is 71.1 Å².